The van der Waals surface area contributed by atoms with Crippen molar-refractivity contribution < 1.29 is 9.21 Å². The molecule has 8 heteroatoms. The van der Waals surface area contributed by atoms with Crippen molar-refractivity contribution in [2.24, 2.45) is 0 Å². The topological polar surface area (TPSA) is 71.3 Å². The van der Waals surface area contributed by atoms with E-state index < -0.39 is 0 Å². The number of carbonyl (C=O) groups excluding carboxylic acids is 1. The van der Waals surface area contributed by atoms with Gasteiger partial charge in [0.15, 0.2) is 0 Å². The lowest BCUT2D eigenvalue weighted by molar-refractivity contribution is -0.117. The zero-order valence-electron chi connectivity index (χ0n) is 14.6. The second-order valence-corrected chi connectivity index (χ2v) is 6.92. The summed E-state index contributed by atoms with van der Waals surface area (Å²) < 4.78 is 5.62. The highest BCUT2D eigenvalue weighted by Gasteiger charge is 2.16. The number of nitrogens with zero attached hydrogens (tertiary/aromatic N) is 3. The van der Waals surface area contributed by atoms with Gasteiger partial charge >= 0.3 is 0 Å². The van der Waals surface area contributed by atoms with Crippen molar-refractivity contribution in [3.8, 4) is 0 Å². The third-order valence-corrected chi connectivity index (χ3v) is 4.00. The van der Waals surface area contributed by atoms with Crippen LogP contribution in [0.1, 0.15) is 44.9 Å². The van der Waals surface area contributed by atoms with Crippen LogP contribution in [0.25, 0.3) is 0 Å². The van der Waals surface area contributed by atoms with Crippen LogP contribution in [0.3, 0.4) is 0 Å². The number of benzene rings is 1. The lowest BCUT2D eigenvalue weighted by atomic mass is 10.2. The van der Waals surface area contributed by atoms with E-state index in [4.69, 9.17) is 27.6 Å². The summed E-state index contributed by atoms with van der Waals surface area (Å²) in [6.07, 6.45) is 0.903. The fourth-order valence-electron chi connectivity index (χ4n) is 2.27. The molecule has 25 heavy (non-hydrogen) atoms. The second-order valence-electron chi connectivity index (χ2n) is 6.07. The van der Waals surface area contributed by atoms with Crippen molar-refractivity contribution in [1.29, 1.82) is 0 Å². The zero-order chi connectivity index (χ0) is 18.4. The lowest BCUT2D eigenvalue weighted by Crippen LogP contribution is -2.33. The molecule has 1 amide bonds. The Hall–Kier alpha value is -1.63. The van der Waals surface area contributed by atoms with Gasteiger partial charge in [-0.2, -0.15) is 0 Å². The maximum Gasteiger partial charge on any atom is 0.238 e. The smallest absolute Gasteiger partial charge is 0.238 e. The van der Waals surface area contributed by atoms with Crippen LogP contribution < -0.4 is 5.32 Å². The molecule has 0 saturated heterocycles. The minimum atomic E-state index is -0.165. The molecule has 2 aromatic rings. The quantitative estimate of drug-likeness (QED) is 0.732. The molecule has 0 radical (unpaired) electrons. The molecule has 0 saturated carbocycles. The molecule has 0 spiro atoms. The predicted octanol–water partition coefficient (Wildman–Crippen LogP) is 4.35. The third kappa shape index (κ3) is 5.99. The summed E-state index contributed by atoms with van der Waals surface area (Å²) in [5.74, 6) is 1.12. The first-order chi connectivity index (χ1) is 11.9. The average molecular weight is 385 g/mol. The van der Waals surface area contributed by atoms with Crippen LogP contribution in [0.5, 0.6) is 0 Å². The Morgan fingerprint density at radius 1 is 1.32 bits per heavy atom. The van der Waals surface area contributed by atoms with Gasteiger partial charge in [0, 0.05) is 10.9 Å². The van der Waals surface area contributed by atoms with E-state index in [0.717, 1.165) is 13.0 Å². The molecule has 0 atom stereocenters. The molecular weight excluding hydrogens is 363 g/mol. The highest BCUT2D eigenvalue weighted by atomic mass is 35.5. The van der Waals surface area contributed by atoms with Crippen LogP contribution in [0.4, 0.5) is 5.69 Å². The van der Waals surface area contributed by atoms with Gasteiger partial charge in [-0.15, -0.1) is 10.2 Å². The van der Waals surface area contributed by atoms with Crippen molar-refractivity contribution in [1.82, 2.24) is 15.1 Å². The predicted molar refractivity (Wildman–Crippen MR) is 99.0 cm³/mol. The van der Waals surface area contributed by atoms with Crippen LogP contribution in [0.2, 0.25) is 10.0 Å². The van der Waals surface area contributed by atoms with Gasteiger partial charge in [0.2, 0.25) is 17.7 Å². The zero-order valence-corrected chi connectivity index (χ0v) is 16.1. The second kappa shape index (κ2) is 9.17. The number of hydrogen-bond acceptors (Lipinski definition) is 5. The first kappa shape index (κ1) is 19.7. The number of rotatable bonds is 8. The molecule has 0 bridgehead atoms. The minimum Gasteiger partial charge on any atom is -0.424 e. The monoisotopic (exact) mass is 384 g/mol. The Morgan fingerprint density at radius 3 is 2.68 bits per heavy atom. The molecule has 1 N–H and O–H groups in total. The molecular formula is C17H22Cl2N4O2. The van der Waals surface area contributed by atoms with Crippen molar-refractivity contribution in [3.05, 3.63) is 40.0 Å². The van der Waals surface area contributed by atoms with Crippen molar-refractivity contribution >= 4 is 34.8 Å². The van der Waals surface area contributed by atoms with Crippen LogP contribution in [-0.2, 0) is 11.3 Å². The Labute approximate surface area is 157 Å². The highest BCUT2D eigenvalue weighted by Crippen LogP contribution is 2.25. The third-order valence-electron chi connectivity index (χ3n) is 3.45. The first-order valence-electron chi connectivity index (χ1n) is 8.18. The van der Waals surface area contributed by atoms with Crippen LogP contribution in [-0.4, -0.2) is 34.1 Å². The minimum absolute atomic E-state index is 0.165. The molecule has 0 aliphatic heterocycles. The van der Waals surface area contributed by atoms with Gasteiger partial charge in [-0.25, -0.2) is 0 Å². The Bertz CT molecular complexity index is 718. The van der Waals surface area contributed by atoms with Gasteiger partial charge in [0.05, 0.1) is 23.8 Å². The number of aromatic nitrogens is 2. The molecule has 1 aromatic carbocycles. The molecule has 6 nitrogen and oxygen atoms in total. The standard InChI is InChI=1S/C17H22Cl2N4O2/c1-4-7-23(10-16-21-22-17(25-16)11(2)3)9-15(24)20-14-6-5-12(18)8-13(14)19/h5-6,8,11H,4,7,9-10H2,1-3H3,(H,20,24). The van der Waals surface area contributed by atoms with Crippen LogP contribution >= 0.6 is 23.2 Å². The molecule has 0 unspecified atom stereocenters. The van der Waals surface area contributed by atoms with Gasteiger partial charge in [0.1, 0.15) is 0 Å². The number of hydrogen-bond donors (Lipinski definition) is 1. The van der Waals surface area contributed by atoms with E-state index >= 15 is 0 Å². The maximum absolute atomic E-state index is 12.3. The molecule has 0 aliphatic rings. The van der Waals surface area contributed by atoms with Gasteiger partial charge in [0.25, 0.3) is 0 Å². The number of nitrogens with one attached hydrogen (secondary N) is 1. The van der Waals surface area contributed by atoms with Crippen LogP contribution in [0, 0.1) is 0 Å². The summed E-state index contributed by atoms with van der Waals surface area (Å²) >= 11 is 12.0. The molecule has 2 rings (SSSR count). The van der Waals surface area contributed by atoms with Gasteiger partial charge in [-0.05, 0) is 31.2 Å². The van der Waals surface area contributed by atoms with Crippen molar-refractivity contribution in [2.75, 3.05) is 18.4 Å². The highest BCUT2D eigenvalue weighted by molar-refractivity contribution is 6.36. The van der Waals surface area contributed by atoms with Crippen molar-refractivity contribution in [2.45, 2.75) is 39.7 Å². The van der Waals surface area contributed by atoms with Gasteiger partial charge < -0.3 is 9.73 Å². The Kier molecular flexibility index (Phi) is 7.23. The van der Waals surface area contributed by atoms with E-state index in [2.05, 4.69) is 15.5 Å². The van der Waals surface area contributed by atoms with Gasteiger partial charge in [-0.1, -0.05) is 44.0 Å². The summed E-state index contributed by atoms with van der Waals surface area (Å²) in [6.45, 7) is 7.39. The van der Waals surface area contributed by atoms with E-state index in [9.17, 15) is 4.79 Å². The summed E-state index contributed by atoms with van der Waals surface area (Å²) in [4.78, 5) is 14.3. The van der Waals surface area contributed by atoms with E-state index in [0.29, 0.717) is 34.1 Å². The summed E-state index contributed by atoms with van der Waals surface area (Å²) in [7, 11) is 0. The summed E-state index contributed by atoms with van der Waals surface area (Å²) in [5.41, 5.74) is 0.535. The van der Waals surface area contributed by atoms with Crippen molar-refractivity contribution in [3.63, 3.8) is 0 Å². The van der Waals surface area contributed by atoms with Gasteiger partial charge in [-0.3, -0.25) is 9.69 Å². The molecule has 0 aliphatic carbocycles. The maximum atomic E-state index is 12.3. The number of amides is 1. The largest absolute Gasteiger partial charge is 0.424 e. The molecule has 1 heterocycles. The fraction of sp³-hybridized carbons (Fsp3) is 0.471. The SMILES string of the molecule is CCCN(CC(=O)Nc1ccc(Cl)cc1Cl)Cc1nnc(C(C)C)o1. The molecule has 1 aromatic heterocycles. The van der Waals surface area contributed by atoms with E-state index in [-0.39, 0.29) is 18.4 Å². The Morgan fingerprint density at radius 2 is 2.08 bits per heavy atom. The molecule has 136 valence electrons. The number of halogens is 2. The number of carbonyl (C=O) groups is 1. The fourth-order valence-corrected chi connectivity index (χ4v) is 2.72. The average Bonchev–Trinajstić information content (AvgIpc) is 2.99. The summed E-state index contributed by atoms with van der Waals surface area (Å²) in [5, 5.41) is 11.8. The normalized spacial score (nSPS) is 11.3. The van der Waals surface area contributed by atoms with E-state index in [1.807, 2.05) is 25.7 Å². The summed E-state index contributed by atoms with van der Waals surface area (Å²) in [6, 6.07) is 4.95. The van der Waals surface area contributed by atoms with Crippen LogP contribution in [0.15, 0.2) is 22.6 Å². The first-order valence-corrected chi connectivity index (χ1v) is 8.94. The van der Waals surface area contributed by atoms with E-state index in [1.165, 1.54) is 0 Å². The Balaban J connectivity index is 1.98. The molecule has 0 fully saturated rings. The van der Waals surface area contributed by atoms with E-state index in [1.54, 1.807) is 18.2 Å². The number of anilines is 1. The lowest BCUT2D eigenvalue weighted by Gasteiger charge is -2.19.